The molecule has 0 aromatic heterocycles. The molecule has 0 bridgehead atoms. The number of amides is 1. The van der Waals surface area contributed by atoms with E-state index in [0.717, 1.165) is 11.1 Å². The molecule has 23 heavy (non-hydrogen) atoms. The Hall–Kier alpha value is -2.59. The number of carbonyl (C=O) groups excluding carboxylic acids is 1. The molecule has 0 fully saturated rings. The summed E-state index contributed by atoms with van der Waals surface area (Å²) in [5, 5.41) is 11.7. The number of para-hydroxylation sites is 1. The molecule has 4 heteroatoms. The second-order valence-corrected chi connectivity index (χ2v) is 5.00. The van der Waals surface area contributed by atoms with Gasteiger partial charge in [-0.2, -0.15) is 0 Å². The molecule has 0 atom stereocenters. The highest BCUT2D eigenvalue weighted by Crippen LogP contribution is 2.24. The fourth-order valence-electron chi connectivity index (χ4n) is 2.22. The molecular formula is C19H21NO3. The van der Waals surface area contributed by atoms with Crippen LogP contribution in [0.1, 0.15) is 17.5 Å². The average Bonchev–Trinajstić information content (AvgIpc) is 2.60. The van der Waals surface area contributed by atoms with E-state index < -0.39 is 0 Å². The van der Waals surface area contributed by atoms with Crippen LogP contribution < -0.4 is 10.1 Å². The molecule has 2 rings (SSSR count). The van der Waals surface area contributed by atoms with Crippen molar-refractivity contribution < 1.29 is 14.6 Å². The van der Waals surface area contributed by atoms with Crippen molar-refractivity contribution in [1.29, 1.82) is 0 Å². The number of hydrogen-bond donors (Lipinski definition) is 2. The summed E-state index contributed by atoms with van der Waals surface area (Å²) >= 11 is 0. The summed E-state index contributed by atoms with van der Waals surface area (Å²) in [5.74, 6) is 0.541. The highest BCUT2D eigenvalue weighted by atomic mass is 16.5. The van der Waals surface area contributed by atoms with Crippen LogP contribution in [0.25, 0.3) is 11.6 Å². The maximum Gasteiger partial charge on any atom is 0.251 e. The number of rotatable bonds is 7. The molecule has 0 saturated heterocycles. The van der Waals surface area contributed by atoms with Gasteiger partial charge in [0.05, 0.1) is 7.11 Å². The highest BCUT2D eigenvalue weighted by molar-refractivity contribution is 6.24. The summed E-state index contributed by atoms with van der Waals surface area (Å²) in [5.41, 5.74) is 2.24. The van der Waals surface area contributed by atoms with Gasteiger partial charge in [0.25, 0.3) is 5.91 Å². The minimum atomic E-state index is -0.171. The summed E-state index contributed by atoms with van der Waals surface area (Å²) < 4.78 is 5.35. The van der Waals surface area contributed by atoms with Gasteiger partial charge in [0.15, 0.2) is 0 Å². The monoisotopic (exact) mass is 311 g/mol. The summed E-state index contributed by atoms with van der Waals surface area (Å²) in [7, 11) is 1.61. The Kier molecular flexibility index (Phi) is 6.39. The predicted octanol–water partition coefficient (Wildman–Crippen LogP) is 2.73. The van der Waals surface area contributed by atoms with Gasteiger partial charge in [-0.3, -0.25) is 4.79 Å². The van der Waals surface area contributed by atoms with Crippen molar-refractivity contribution >= 4 is 17.6 Å². The number of aliphatic hydroxyl groups is 1. The first-order valence-electron chi connectivity index (χ1n) is 7.55. The maximum atomic E-state index is 12.5. The Bertz CT molecular complexity index is 665. The Balaban J connectivity index is 2.37. The third-order valence-corrected chi connectivity index (χ3v) is 3.39. The molecule has 0 aliphatic heterocycles. The van der Waals surface area contributed by atoms with E-state index in [2.05, 4.69) is 5.32 Å². The third-order valence-electron chi connectivity index (χ3n) is 3.39. The van der Waals surface area contributed by atoms with Gasteiger partial charge in [-0.15, -0.1) is 0 Å². The Morgan fingerprint density at radius 1 is 1.13 bits per heavy atom. The van der Waals surface area contributed by atoms with Gasteiger partial charge in [0, 0.05) is 24.3 Å². The van der Waals surface area contributed by atoms with E-state index in [0.29, 0.717) is 24.3 Å². The number of benzene rings is 2. The molecule has 0 spiro atoms. The lowest BCUT2D eigenvalue weighted by Gasteiger charge is -2.11. The quantitative estimate of drug-likeness (QED) is 0.469. The van der Waals surface area contributed by atoms with Gasteiger partial charge < -0.3 is 15.2 Å². The summed E-state index contributed by atoms with van der Waals surface area (Å²) in [6.45, 7) is 0.489. The standard InChI is InChI=1S/C19H21NO3/c1-23-18-11-6-5-10-16(18)14-17(15-8-3-2-4-9-15)19(22)20-12-7-13-21/h2-6,8-11,14,21H,7,12-13H2,1H3,(H,20,22)/b17-14+. The van der Waals surface area contributed by atoms with Crippen molar-refractivity contribution in [1.82, 2.24) is 5.32 Å². The van der Waals surface area contributed by atoms with Crippen molar-refractivity contribution in [3.63, 3.8) is 0 Å². The predicted molar refractivity (Wildman–Crippen MR) is 92.0 cm³/mol. The van der Waals surface area contributed by atoms with Crippen molar-refractivity contribution in [2.24, 2.45) is 0 Å². The zero-order valence-corrected chi connectivity index (χ0v) is 13.2. The summed E-state index contributed by atoms with van der Waals surface area (Å²) in [6, 6.07) is 17.0. The van der Waals surface area contributed by atoms with E-state index in [-0.39, 0.29) is 12.5 Å². The van der Waals surface area contributed by atoms with Crippen molar-refractivity contribution in [3.8, 4) is 5.75 Å². The second-order valence-electron chi connectivity index (χ2n) is 5.00. The number of carbonyl (C=O) groups is 1. The summed E-state index contributed by atoms with van der Waals surface area (Å²) in [6.07, 6.45) is 2.35. The van der Waals surface area contributed by atoms with Crippen LogP contribution in [0.4, 0.5) is 0 Å². The van der Waals surface area contributed by atoms with Crippen molar-refractivity contribution in [3.05, 3.63) is 65.7 Å². The number of nitrogens with one attached hydrogen (secondary N) is 1. The van der Waals surface area contributed by atoms with Gasteiger partial charge in [-0.1, -0.05) is 48.5 Å². The first-order chi connectivity index (χ1) is 11.3. The summed E-state index contributed by atoms with van der Waals surface area (Å²) in [4.78, 5) is 12.5. The minimum absolute atomic E-state index is 0.0528. The smallest absolute Gasteiger partial charge is 0.251 e. The molecular weight excluding hydrogens is 290 g/mol. The molecule has 1 amide bonds. The average molecular weight is 311 g/mol. The van der Waals surface area contributed by atoms with Gasteiger partial charge in [0.1, 0.15) is 5.75 Å². The van der Waals surface area contributed by atoms with Crippen LogP contribution in [-0.2, 0) is 4.79 Å². The molecule has 120 valence electrons. The largest absolute Gasteiger partial charge is 0.496 e. The van der Waals surface area contributed by atoms with E-state index in [9.17, 15) is 4.79 Å². The lowest BCUT2D eigenvalue weighted by atomic mass is 10.0. The van der Waals surface area contributed by atoms with Gasteiger partial charge >= 0.3 is 0 Å². The molecule has 0 aliphatic rings. The van der Waals surface area contributed by atoms with Crippen molar-refractivity contribution in [2.75, 3.05) is 20.3 Å². The van der Waals surface area contributed by atoms with Crippen LogP contribution in [0.5, 0.6) is 5.75 Å². The first kappa shape index (κ1) is 16.8. The Morgan fingerprint density at radius 2 is 1.83 bits per heavy atom. The van der Waals surface area contributed by atoms with Gasteiger partial charge in [-0.25, -0.2) is 0 Å². The highest BCUT2D eigenvalue weighted by Gasteiger charge is 2.12. The van der Waals surface area contributed by atoms with Crippen LogP contribution in [0, 0.1) is 0 Å². The van der Waals surface area contributed by atoms with Crippen LogP contribution in [0.3, 0.4) is 0 Å². The van der Waals surface area contributed by atoms with Gasteiger partial charge in [0.2, 0.25) is 0 Å². The van der Waals surface area contributed by atoms with E-state index in [1.165, 1.54) is 0 Å². The fourth-order valence-corrected chi connectivity index (χ4v) is 2.22. The fraction of sp³-hybridized carbons (Fsp3) is 0.211. The van der Waals surface area contributed by atoms with E-state index in [1.807, 2.05) is 60.7 Å². The van der Waals surface area contributed by atoms with Crippen LogP contribution in [0.15, 0.2) is 54.6 Å². The SMILES string of the molecule is COc1ccccc1/C=C(/C(=O)NCCCO)c1ccccc1. The first-order valence-corrected chi connectivity index (χ1v) is 7.55. The van der Waals surface area contributed by atoms with Crippen LogP contribution >= 0.6 is 0 Å². The lowest BCUT2D eigenvalue weighted by Crippen LogP contribution is -2.26. The normalized spacial score (nSPS) is 11.1. The molecule has 0 aliphatic carbocycles. The maximum absolute atomic E-state index is 12.5. The second kappa shape index (κ2) is 8.76. The van der Waals surface area contributed by atoms with E-state index >= 15 is 0 Å². The molecule has 0 radical (unpaired) electrons. The zero-order chi connectivity index (χ0) is 16.5. The number of ether oxygens (including phenoxy) is 1. The third kappa shape index (κ3) is 4.69. The number of hydrogen-bond acceptors (Lipinski definition) is 3. The van der Waals surface area contributed by atoms with Crippen LogP contribution in [-0.4, -0.2) is 31.3 Å². The number of methoxy groups -OCH3 is 1. The molecule has 0 heterocycles. The molecule has 2 N–H and O–H groups in total. The topological polar surface area (TPSA) is 58.6 Å². The Morgan fingerprint density at radius 3 is 2.52 bits per heavy atom. The lowest BCUT2D eigenvalue weighted by molar-refractivity contribution is -0.115. The van der Waals surface area contributed by atoms with E-state index in [4.69, 9.17) is 9.84 Å². The Labute approximate surface area is 136 Å². The van der Waals surface area contributed by atoms with E-state index in [1.54, 1.807) is 7.11 Å². The minimum Gasteiger partial charge on any atom is -0.496 e. The van der Waals surface area contributed by atoms with Crippen LogP contribution in [0.2, 0.25) is 0 Å². The van der Waals surface area contributed by atoms with Crippen molar-refractivity contribution in [2.45, 2.75) is 6.42 Å². The molecule has 2 aromatic rings. The molecule has 0 saturated carbocycles. The molecule has 0 unspecified atom stereocenters. The number of aliphatic hydroxyl groups excluding tert-OH is 1. The molecule has 4 nitrogen and oxygen atoms in total. The molecule has 2 aromatic carbocycles. The van der Waals surface area contributed by atoms with Gasteiger partial charge in [-0.05, 0) is 24.1 Å². The zero-order valence-electron chi connectivity index (χ0n) is 13.2.